The van der Waals surface area contributed by atoms with Gasteiger partial charge < -0.3 is 5.32 Å². The molecule has 1 aromatic rings. The highest BCUT2D eigenvalue weighted by molar-refractivity contribution is 14.1. The maximum Gasteiger partial charge on any atom is 0.0655 e. The molecule has 4 heteroatoms. The number of hydrogen-bond acceptors (Lipinski definition) is 2. The molecule has 0 amide bonds. The molecule has 0 aliphatic carbocycles. The largest absolute Gasteiger partial charge is 0.311 e. The molecule has 0 atom stereocenters. The molecule has 2 rings (SSSR count). The number of aromatic nitrogens is 2. The van der Waals surface area contributed by atoms with Gasteiger partial charge in [-0.1, -0.05) is 0 Å². The third kappa shape index (κ3) is 1.41. The molecule has 0 fully saturated rings. The minimum Gasteiger partial charge on any atom is -0.311 e. The van der Waals surface area contributed by atoms with Crippen LogP contribution in [0.3, 0.4) is 0 Å². The van der Waals surface area contributed by atoms with Gasteiger partial charge in [-0.2, -0.15) is 5.10 Å². The second kappa shape index (κ2) is 3.10. The molecule has 1 N–H and O–H groups in total. The van der Waals surface area contributed by atoms with E-state index in [2.05, 4.69) is 37.7 Å². The van der Waals surface area contributed by atoms with Crippen LogP contribution in [-0.4, -0.2) is 16.3 Å². The van der Waals surface area contributed by atoms with Gasteiger partial charge in [0.15, 0.2) is 0 Å². The number of rotatable bonds is 0. The maximum atomic E-state index is 4.29. The number of fused-ring (bicyclic) bond motifs is 1. The van der Waals surface area contributed by atoms with Crippen molar-refractivity contribution >= 4 is 22.6 Å². The number of nitrogens with zero attached hydrogens (tertiary/aromatic N) is 2. The Labute approximate surface area is 79.3 Å². The Balaban J connectivity index is 2.35. The fourth-order valence-corrected chi connectivity index (χ4v) is 1.91. The smallest absolute Gasteiger partial charge is 0.0655 e. The van der Waals surface area contributed by atoms with Crippen LogP contribution < -0.4 is 5.32 Å². The summed E-state index contributed by atoms with van der Waals surface area (Å²) in [5, 5.41) is 7.65. The number of nitrogens with one attached hydrogen (secondary N) is 1. The van der Waals surface area contributed by atoms with Gasteiger partial charge in [-0.05, 0) is 35.6 Å². The Morgan fingerprint density at radius 1 is 1.64 bits per heavy atom. The summed E-state index contributed by atoms with van der Waals surface area (Å²) < 4.78 is 3.37. The predicted octanol–water partition coefficient (Wildman–Crippen LogP) is 0.981. The monoisotopic (exact) mass is 263 g/mol. The van der Waals surface area contributed by atoms with Gasteiger partial charge in [-0.15, -0.1) is 0 Å². The van der Waals surface area contributed by atoms with Gasteiger partial charge in [0.1, 0.15) is 0 Å². The molecule has 0 spiro atoms. The van der Waals surface area contributed by atoms with Crippen LogP contribution in [0.1, 0.15) is 12.1 Å². The second-order valence-corrected chi connectivity index (χ2v) is 3.85. The van der Waals surface area contributed by atoms with Crippen molar-refractivity contribution in [1.29, 1.82) is 0 Å². The molecule has 3 nitrogen and oxygen atoms in total. The molecule has 0 unspecified atom stereocenters. The first kappa shape index (κ1) is 7.54. The molecule has 1 aliphatic heterocycles. The molecule has 0 bridgehead atoms. The summed E-state index contributed by atoms with van der Waals surface area (Å²) in [4.78, 5) is 0. The molecule has 0 radical (unpaired) electrons. The van der Waals surface area contributed by atoms with Crippen LogP contribution in [-0.2, 0) is 13.1 Å². The molecule has 60 valence electrons. The zero-order chi connectivity index (χ0) is 7.68. The summed E-state index contributed by atoms with van der Waals surface area (Å²) in [5.74, 6) is 0. The van der Waals surface area contributed by atoms with Crippen LogP contribution in [0.2, 0.25) is 0 Å². The van der Waals surface area contributed by atoms with E-state index in [1.807, 2.05) is 6.20 Å². The van der Waals surface area contributed by atoms with Crippen molar-refractivity contribution in [1.82, 2.24) is 15.1 Å². The molecule has 1 aliphatic rings. The van der Waals surface area contributed by atoms with Crippen molar-refractivity contribution in [2.45, 2.75) is 19.5 Å². The third-order valence-corrected chi connectivity index (χ3v) is 2.81. The summed E-state index contributed by atoms with van der Waals surface area (Å²) in [6.45, 7) is 3.14. The van der Waals surface area contributed by atoms with E-state index in [-0.39, 0.29) is 0 Å². The van der Waals surface area contributed by atoms with Crippen molar-refractivity contribution < 1.29 is 0 Å². The van der Waals surface area contributed by atoms with E-state index in [1.54, 1.807) is 0 Å². The molecule has 0 saturated heterocycles. The third-order valence-electron chi connectivity index (χ3n) is 1.91. The van der Waals surface area contributed by atoms with Crippen LogP contribution in [0, 0.1) is 3.57 Å². The number of halogens is 1. The molecule has 0 aromatic carbocycles. The minimum absolute atomic E-state index is 0.971. The first-order chi connectivity index (χ1) is 5.38. The number of aryl methyl sites for hydroxylation is 1. The molecular weight excluding hydrogens is 253 g/mol. The van der Waals surface area contributed by atoms with Gasteiger partial charge in [-0.3, -0.25) is 4.68 Å². The van der Waals surface area contributed by atoms with Gasteiger partial charge in [0.05, 0.1) is 15.5 Å². The van der Waals surface area contributed by atoms with Crippen molar-refractivity contribution in [3.8, 4) is 0 Å². The van der Waals surface area contributed by atoms with E-state index in [1.165, 1.54) is 15.7 Å². The quantitative estimate of drug-likeness (QED) is 0.707. The summed E-state index contributed by atoms with van der Waals surface area (Å²) in [6, 6.07) is 0. The lowest BCUT2D eigenvalue weighted by Crippen LogP contribution is -2.12. The van der Waals surface area contributed by atoms with E-state index in [9.17, 15) is 0 Å². The Bertz CT molecular complexity index is 256. The molecule has 11 heavy (non-hydrogen) atoms. The molecule has 1 aromatic heterocycles. The van der Waals surface area contributed by atoms with E-state index in [4.69, 9.17) is 0 Å². The summed E-state index contributed by atoms with van der Waals surface area (Å²) in [6.07, 6.45) is 3.12. The Hall–Kier alpha value is -0.100. The summed E-state index contributed by atoms with van der Waals surface area (Å²) in [5.41, 5.74) is 1.34. The van der Waals surface area contributed by atoms with E-state index in [0.29, 0.717) is 0 Å². The van der Waals surface area contributed by atoms with Gasteiger partial charge in [0, 0.05) is 13.1 Å². The van der Waals surface area contributed by atoms with Gasteiger partial charge in [0.25, 0.3) is 0 Å². The lowest BCUT2D eigenvalue weighted by Gasteiger charge is -2.00. The van der Waals surface area contributed by atoms with Crippen LogP contribution in [0.15, 0.2) is 6.20 Å². The second-order valence-electron chi connectivity index (χ2n) is 2.69. The fraction of sp³-hybridized carbons (Fsp3) is 0.571. The predicted molar refractivity (Wildman–Crippen MR) is 51.3 cm³/mol. The molecule has 2 heterocycles. The van der Waals surface area contributed by atoms with Gasteiger partial charge in [0.2, 0.25) is 0 Å². The molecule has 0 saturated carbocycles. The highest BCUT2D eigenvalue weighted by Gasteiger charge is 2.10. The van der Waals surface area contributed by atoms with Crippen LogP contribution >= 0.6 is 22.6 Å². The molecular formula is C7H10IN3. The van der Waals surface area contributed by atoms with E-state index < -0.39 is 0 Å². The zero-order valence-electron chi connectivity index (χ0n) is 6.18. The zero-order valence-corrected chi connectivity index (χ0v) is 8.34. The first-order valence-electron chi connectivity index (χ1n) is 3.79. The highest BCUT2D eigenvalue weighted by atomic mass is 127. The van der Waals surface area contributed by atoms with Crippen LogP contribution in [0.4, 0.5) is 0 Å². The van der Waals surface area contributed by atoms with Crippen molar-refractivity contribution in [2.75, 3.05) is 6.54 Å². The average Bonchev–Trinajstić information content (AvgIpc) is 2.25. The van der Waals surface area contributed by atoms with Crippen molar-refractivity contribution in [2.24, 2.45) is 0 Å². The van der Waals surface area contributed by atoms with Crippen molar-refractivity contribution in [3.63, 3.8) is 0 Å². The first-order valence-corrected chi connectivity index (χ1v) is 4.87. The summed E-state index contributed by atoms with van der Waals surface area (Å²) in [7, 11) is 0. The topological polar surface area (TPSA) is 29.9 Å². The number of hydrogen-bond donors (Lipinski definition) is 1. The standard InChI is InChI=1S/C7H10IN3/c8-6-4-10-11-3-1-2-9-5-7(6)11/h4,9H,1-3,5H2. The Morgan fingerprint density at radius 3 is 3.45 bits per heavy atom. The van der Waals surface area contributed by atoms with Gasteiger partial charge >= 0.3 is 0 Å². The average molecular weight is 263 g/mol. The van der Waals surface area contributed by atoms with Crippen LogP contribution in [0.25, 0.3) is 0 Å². The Kier molecular flexibility index (Phi) is 2.13. The van der Waals surface area contributed by atoms with E-state index in [0.717, 1.165) is 19.6 Å². The lowest BCUT2D eigenvalue weighted by molar-refractivity contribution is 0.587. The van der Waals surface area contributed by atoms with Crippen molar-refractivity contribution in [3.05, 3.63) is 15.5 Å². The van der Waals surface area contributed by atoms with Crippen LogP contribution in [0.5, 0.6) is 0 Å². The van der Waals surface area contributed by atoms with Gasteiger partial charge in [-0.25, -0.2) is 0 Å². The highest BCUT2D eigenvalue weighted by Crippen LogP contribution is 2.13. The van der Waals surface area contributed by atoms with E-state index >= 15 is 0 Å². The minimum atomic E-state index is 0.971. The lowest BCUT2D eigenvalue weighted by atomic mass is 10.4. The summed E-state index contributed by atoms with van der Waals surface area (Å²) >= 11 is 2.33. The SMILES string of the molecule is Ic1cnn2c1CNCCC2. The normalized spacial score (nSPS) is 17.5. The Morgan fingerprint density at radius 2 is 2.55 bits per heavy atom. The fourth-order valence-electron chi connectivity index (χ4n) is 1.32. The maximum absolute atomic E-state index is 4.29.